The van der Waals surface area contributed by atoms with Crippen LogP contribution in [0.2, 0.25) is 0 Å². The normalized spacial score (nSPS) is 17.3. The highest BCUT2D eigenvalue weighted by atomic mass is 16.6. The fourth-order valence-electron chi connectivity index (χ4n) is 2.01. The van der Waals surface area contributed by atoms with Gasteiger partial charge in [0.2, 0.25) is 0 Å². The van der Waals surface area contributed by atoms with Crippen molar-refractivity contribution in [2.24, 2.45) is 17.4 Å². The average molecular weight is 319 g/mol. The van der Waals surface area contributed by atoms with Crippen LogP contribution in [0.3, 0.4) is 0 Å². The zero-order chi connectivity index (χ0) is 17.4. The lowest BCUT2D eigenvalue weighted by molar-refractivity contribution is -0.0876. The van der Waals surface area contributed by atoms with E-state index < -0.39 is 0 Å². The summed E-state index contributed by atoms with van der Waals surface area (Å²) in [6.07, 6.45) is 0.870. The van der Waals surface area contributed by atoms with Gasteiger partial charge < -0.3 is 25.7 Å². The van der Waals surface area contributed by atoms with Crippen molar-refractivity contribution >= 4 is 0 Å². The molecule has 0 aliphatic heterocycles. The van der Waals surface area contributed by atoms with Gasteiger partial charge in [-0.2, -0.15) is 0 Å². The average Bonchev–Trinajstić information content (AvgIpc) is 2.33. The molecule has 0 amide bonds. The van der Waals surface area contributed by atoms with Crippen molar-refractivity contribution in [1.82, 2.24) is 0 Å². The van der Waals surface area contributed by atoms with Crippen molar-refractivity contribution in [3.63, 3.8) is 0 Å². The molecule has 0 aromatic carbocycles. The van der Waals surface area contributed by atoms with Crippen LogP contribution in [0.1, 0.15) is 54.9 Å². The molecule has 0 spiro atoms. The van der Waals surface area contributed by atoms with Gasteiger partial charge in [-0.1, -0.05) is 6.92 Å². The SMILES string of the molecule is CC(N)CC(C)(C)OCC(C)OCCOCC(C)C(C)(C)N. The molecule has 134 valence electrons. The second kappa shape index (κ2) is 9.83. The predicted molar refractivity (Wildman–Crippen MR) is 92.0 cm³/mol. The van der Waals surface area contributed by atoms with Gasteiger partial charge in [-0.25, -0.2) is 0 Å². The van der Waals surface area contributed by atoms with Crippen LogP contribution in [0.4, 0.5) is 0 Å². The molecule has 5 heteroatoms. The lowest BCUT2D eigenvalue weighted by atomic mass is 9.91. The zero-order valence-corrected chi connectivity index (χ0v) is 15.6. The minimum atomic E-state index is -0.218. The third-order valence-electron chi connectivity index (χ3n) is 3.79. The molecule has 0 saturated heterocycles. The summed E-state index contributed by atoms with van der Waals surface area (Å²) >= 11 is 0. The fraction of sp³-hybridized carbons (Fsp3) is 1.00. The van der Waals surface area contributed by atoms with Gasteiger partial charge in [-0.3, -0.25) is 0 Å². The molecule has 0 bridgehead atoms. The number of hydrogen-bond acceptors (Lipinski definition) is 5. The van der Waals surface area contributed by atoms with Crippen molar-refractivity contribution in [3.05, 3.63) is 0 Å². The van der Waals surface area contributed by atoms with Crippen molar-refractivity contribution in [1.29, 1.82) is 0 Å². The van der Waals surface area contributed by atoms with Crippen LogP contribution in [0.15, 0.2) is 0 Å². The Labute approximate surface area is 137 Å². The summed E-state index contributed by atoms with van der Waals surface area (Å²) in [5.74, 6) is 0.312. The highest BCUT2D eigenvalue weighted by Gasteiger charge is 2.22. The van der Waals surface area contributed by atoms with Gasteiger partial charge in [0, 0.05) is 11.6 Å². The highest BCUT2D eigenvalue weighted by molar-refractivity contribution is 4.78. The molecule has 0 saturated carbocycles. The molecular formula is C17H38N2O3. The third-order valence-corrected chi connectivity index (χ3v) is 3.79. The van der Waals surface area contributed by atoms with Crippen molar-refractivity contribution in [2.45, 2.75) is 78.2 Å². The van der Waals surface area contributed by atoms with Gasteiger partial charge in [-0.15, -0.1) is 0 Å². The van der Waals surface area contributed by atoms with E-state index in [9.17, 15) is 0 Å². The monoisotopic (exact) mass is 318 g/mol. The van der Waals surface area contributed by atoms with E-state index in [4.69, 9.17) is 25.7 Å². The molecule has 0 aromatic heterocycles. The van der Waals surface area contributed by atoms with Gasteiger partial charge in [0.25, 0.3) is 0 Å². The molecule has 5 nitrogen and oxygen atoms in total. The van der Waals surface area contributed by atoms with Gasteiger partial charge >= 0.3 is 0 Å². The second-order valence-electron chi connectivity index (χ2n) is 7.73. The third kappa shape index (κ3) is 11.4. The van der Waals surface area contributed by atoms with Gasteiger partial charge in [0.1, 0.15) is 0 Å². The Morgan fingerprint density at radius 2 is 1.55 bits per heavy atom. The van der Waals surface area contributed by atoms with Gasteiger partial charge in [0.15, 0.2) is 0 Å². The summed E-state index contributed by atoms with van der Waals surface area (Å²) in [7, 11) is 0. The Hall–Kier alpha value is -0.200. The minimum Gasteiger partial charge on any atom is -0.379 e. The second-order valence-corrected chi connectivity index (χ2v) is 7.73. The topological polar surface area (TPSA) is 79.7 Å². The first-order valence-electron chi connectivity index (χ1n) is 8.32. The van der Waals surface area contributed by atoms with Crippen LogP contribution in [-0.2, 0) is 14.2 Å². The lowest BCUT2D eigenvalue weighted by Gasteiger charge is -2.29. The number of hydrogen-bond donors (Lipinski definition) is 2. The van der Waals surface area contributed by atoms with Crippen molar-refractivity contribution in [3.8, 4) is 0 Å². The smallest absolute Gasteiger partial charge is 0.0781 e. The molecule has 3 atom stereocenters. The quantitative estimate of drug-likeness (QED) is 0.540. The number of ether oxygens (including phenoxy) is 3. The lowest BCUT2D eigenvalue weighted by Crippen LogP contribution is -2.41. The van der Waals surface area contributed by atoms with Crippen LogP contribution in [-0.4, -0.2) is 49.7 Å². The van der Waals surface area contributed by atoms with Crippen LogP contribution >= 0.6 is 0 Å². The first kappa shape index (κ1) is 21.8. The molecule has 0 rings (SSSR count). The van der Waals surface area contributed by atoms with E-state index in [1.165, 1.54) is 0 Å². The van der Waals surface area contributed by atoms with E-state index in [0.29, 0.717) is 32.3 Å². The summed E-state index contributed by atoms with van der Waals surface area (Å²) in [6.45, 7) is 16.6. The standard InChI is InChI=1S/C17H38N2O3/c1-13(17(6,7)19)11-20-8-9-21-15(3)12-22-16(4,5)10-14(2)18/h13-15H,8-12,18-19H2,1-7H3. The van der Waals surface area contributed by atoms with Crippen molar-refractivity contribution in [2.75, 3.05) is 26.4 Å². The van der Waals surface area contributed by atoms with Crippen molar-refractivity contribution < 1.29 is 14.2 Å². The molecule has 4 N–H and O–H groups in total. The maximum Gasteiger partial charge on any atom is 0.0781 e. The molecule has 22 heavy (non-hydrogen) atoms. The van der Waals surface area contributed by atoms with E-state index in [2.05, 4.69) is 20.8 Å². The molecule has 0 heterocycles. The van der Waals surface area contributed by atoms with Crippen LogP contribution < -0.4 is 11.5 Å². The summed E-state index contributed by atoms with van der Waals surface area (Å²) in [5, 5.41) is 0. The van der Waals surface area contributed by atoms with E-state index in [-0.39, 0.29) is 23.3 Å². The Kier molecular flexibility index (Phi) is 9.74. The maximum absolute atomic E-state index is 6.02. The highest BCUT2D eigenvalue weighted by Crippen LogP contribution is 2.16. The summed E-state index contributed by atoms with van der Waals surface area (Å²) in [6, 6.07) is 0.133. The molecule has 0 aliphatic carbocycles. The molecule has 0 aromatic rings. The Morgan fingerprint density at radius 3 is 2.05 bits per heavy atom. The molecule has 0 fully saturated rings. The summed E-state index contributed by atoms with van der Waals surface area (Å²) < 4.78 is 17.2. The Morgan fingerprint density at radius 1 is 0.955 bits per heavy atom. The first-order chi connectivity index (χ1) is 9.94. The Bertz CT molecular complexity index is 288. The van der Waals surface area contributed by atoms with Crippen LogP contribution in [0.25, 0.3) is 0 Å². The molecule has 0 aliphatic rings. The van der Waals surface area contributed by atoms with Gasteiger partial charge in [-0.05, 0) is 53.9 Å². The van der Waals surface area contributed by atoms with Crippen LogP contribution in [0.5, 0.6) is 0 Å². The van der Waals surface area contributed by atoms with E-state index in [0.717, 1.165) is 6.42 Å². The maximum atomic E-state index is 6.02. The molecule has 3 unspecified atom stereocenters. The molecule has 0 radical (unpaired) electrons. The zero-order valence-electron chi connectivity index (χ0n) is 15.6. The summed E-state index contributed by atoms with van der Waals surface area (Å²) in [4.78, 5) is 0. The predicted octanol–water partition coefficient (Wildman–Crippen LogP) is 2.31. The van der Waals surface area contributed by atoms with E-state index >= 15 is 0 Å². The van der Waals surface area contributed by atoms with Gasteiger partial charge in [0.05, 0.1) is 38.1 Å². The minimum absolute atomic E-state index is 0.0410. The largest absolute Gasteiger partial charge is 0.379 e. The van der Waals surface area contributed by atoms with Crippen LogP contribution in [0, 0.1) is 5.92 Å². The summed E-state index contributed by atoms with van der Waals surface area (Å²) in [5.41, 5.74) is 11.4. The first-order valence-corrected chi connectivity index (χ1v) is 8.32. The Balaban J connectivity index is 3.72. The molecular weight excluding hydrogens is 280 g/mol. The van der Waals surface area contributed by atoms with E-state index in [1.54, 1.807) is 0 Å². The number of nitrogens with two attached hydrogens (primary N) is 2. The fourth-order valence-corrected chi connectivity index (χ4v) is 2.01. The van der Waals surface area contributed by atoms with E-state index in [1.807, 2.05) is 27.7 Å². The number of rotatable bonds is 12.